The van der Waals surface area contributed by atoms with Crippen LogP contribution in [0.4, 0.5) is 14.5 Å². The normalized spacial score (nSPS) is 10.4. The first-order valence-corrected chi connectivity index (χ1v) is 5.08. The summed E-state index contributed by atoms with van der Waals surface area (Å²) in [4.78, 5) is 11.3. The molecule has 0 atom stereocenters. The quantitative estimate of drug-likeness (QED) is 0.797. The van der Waals surface area contributed by atoms with Gasteiger partial charge in [-0.05, 0) is 19.2 Å². The van der Waals surface area contributed by atoms with Gasteiger partial charge < -0.3 is 15.4 Å². The summed E-state index contributed by atoms with van der Waals surface area (Å²) >= 11 is 0. The molecule has 94 valence electrons. The first-order chi connectivity index (χ1) is 8.13. The predicted octanol–water partition coefficient (Wildman–Crippen LogP) is 1.49. The Morgan fingerprint density at radius 1 is 1.41 bits per heavy atom. The van der Waals surface area contributed by atoms with E-state index >= 15 is 0 Å². The molecule has 1 amide bonds. The summed E-state index contributed by atoms with van der Waals surface area (Å²) < 4.78 is 28.9. The lowest BCUT2D eigenvalue weighted by molar-refractivity contribution is -0.115. The van der Waals surface area contributed by atoms with E-state index in [1.54, 1.807) is 25.2 Å². The van der Waals surface area contributed by atoms with Gasteiger partial charge in [0.15, 0.2) is 0 Å². The van der Waals surface area contributed by atoms with Crippen molar-refractivity contribution in [1.82, 2.24) is 5.32 Å². The highest BCUT2D eigenvalue weighted by Gasteiger charge is 2.09. The van der Waals surface area contributed by atoms with Gasteiger partial charge in [0.25, 0.3) is 6.43 Å². The summed E-state index contributed by atoms with van der Waals surface area (Å²) in [6, 6.07) is 6.45. The van der Waals surface area contributed by atoms with Gasteiger partial charge in [0, 0.05) is 0 Å². The Bertz CT molecular complexity index is 372. The Balaban J connectivity index is 2.67. The van der Waals surface area contributed by atoms with Crippen molar-refractivity contribution in [2.45, 2.75) is 6.43 Å². The molecule has 0 unspecified atom stereocenters. The Labute approximate surface area is 98.0 Å². The van der Waals surface area contributed by atoms with Crippen LogP contribution in [-0.4, -0.2) is 32.5 Å². The van der Waals surface area contributed by atoms with Gasteiger partial charge in [-0.25, -0.2) is 8.78 Å². The summed E-state index contributed by atoms with van der Waals surface area (Å²) in [5.74, 6) is -0.0298. The maximum absolute atomic E-state index is 12.0. The predicted molar refractivity (Wildman–Crippen MR) is 60.5 cm³/mol. The maximum Gasteiger partial charge on any atom is 0.272 e. The van der Waals surface area contributed by atoms with E-state index in [4.69, 9.17) is 4.74 Å². The van der Waals surface area contributed by atoms with Gasteiger partial charge in [-0.2, -0.15) is 0 Å². The van der Waals surface area contributed by atoms with Crippen LogP contribution in [0.5, 0.6) is 5.75 Å². The zero-order valence-corrected chi connectivity index (χ0v) is 9.37. The van der Waals surface area contributed by atoms with E-state index in [-0.39, 0.29) is 18.2 Å². The molecular formula is C11H14F2N2O2. The van der Waals surface area contributed by atoms with Gasteiger partial charge in [-0.3, -0.25) is 4.79 Å². The van der Waals surface area contributed by atoms with Crippen LogP contribution in [0.2, 0.25) is 0 Å². The lowest BCUT2D eigenvalue weighted by Crippen LogP contribution is -2.25. The van der Waals surface area contributed by atoms with E-state index in [9.17, 15) is 13.6 Å². The van der Waals surface area contributed by atoms with Crippen LogP contribution < -0.4 is 15.4 Å². The molecule has 1 aromatic rings. The highest BCUT2D eigenvalue weighted by molar-refractivity contribution is 5.93. The molecule has 0 aliphatic heterocycles. The summed E-state index contributed by atoms with van der Waals surface area (Å²) in [6.07, 6.45) is -2.55. The molecule has 0 saturated heterocycles. The van der Waals surface area contributed by atoms with Crippen molar-refractivity contribution in [3.8, 4) is 5.75 Å². The summed E-state index contributed by atoms with van der Waals surface area (Å²) in [5.41, 5.74) is 0.383. The molecule has 6 heteroatoms. The summed E-state index contributed by atoms with van der Waals surface area (Å²) in [7, 11) is 1.64. The topological polar surface area (TPSA) is 50.4 Å². The minimum atomic E-state index is -2.55. The zero-order chi connectivity index (χ0) is 12.7. The second kappa shape index (κ2) is 6.80. The largest absolute Gasteiger partial charge is 0.485 e. The number of hydrogen-bond acceptors (Lipinski definition) is 3. The number of para-hydroxylation sites is 2. The van der Waals surface area contributed by atoms with E-state index in [1.807, 2.05) is 0 Å². The molecule has 0 radical (unpaired) electrons. The second-order valence-corrected chi connectivity index (χ2v) is 3.28. The monoisotopic (exact) mass is 244 g/mol. The highest BCUT2D eigenvalue weighted by atomic mass is 19.3. The lowest BCUT2D eigenvalue weighted by atomic mass is 10.3. The molecule has 1 rings (SSSR count). The summed E-state index contributed by atoms with van der Waals surface area (Å²) in [5, 5.41) is 5.25. The Kier molecular flexibility index (Phi) is 5.35. The summed E-state index contributed by atoms with van der Waals surface area (Å²) in [6.45, 7) is -0.553. The van der Waals surface area contributed by atoms with Crippen molar-refractivity contribution in [2.75, 3.05) is 25.5 Å². The van der Waals surface area contributed by atoms with Crippen LogP contribution in [0.25, 0.3) is 0 Å². The molecular weight excluding hydrogens is 230 g/mol. The van der Waals surface area contributed by atoms with Crippen molar-refractivity contribution >= 4 is 11.6 Å². The minimum absolute atomic E-state index is 0.142. The third-order valence-corrected chi connectivity index (χ3v) is 1.86. The fourth-order valence-electron chi connectivity index (χ4n) is 1.20. The fraction of sp³-hybridized carbons (Fsp3) is 0.364. The number of carbonyl (C=O) groups is 1. The molecule has 0 bridgehead atoms. The average Bonchev–Trinajstić information content (AvgIpc) is 2.28. The van der Waals surface area contributed by atoms with Crippen LogP contribution in [0.15, 0.2) is 24.3 Å². The maximum atomic E-state index is 12.0. The molecule has 0 saturated carbocycles. The minimum Gasteiger partial charge on any atom is -0.485 e. The number of likely N-dealkylation sites (N-methyl/N-ethyl adjacent to an activating group) is 1. The number of ether oxygens (including phenoxy) is 1. The van der Waals surface area contributed by atoms with Crippen LogP contribution in [0.3, 0.4) is 0 Å². The molecule has 1 aromatic carbocycles. The molecule has 0 aliphatic rings. The van der Waals surface area contributed by atoms with Crippen molar-refractivity contribution < 1.29 is 18.3 Å². The number of rotatable bonds is 6. The number of amides is 1. The van der Waals surface area contributed by atoms with Crippen molar-refractivity contribution in [3.63, 3.8) is 0 Å². The first-order valence-electron chi connectivity index (χ1n) is 5.08. The number of halogens is 2. The number of anilines is 1. The van der Waals surface area contributed by atoms with Gasteiger partial charge in [-0.1, -0.05) is 12.1 Å². The molecule has 0 aliphatic carbocycles. The van der Waals surface area contributed by atoms with Crippen LogP contribution in [-0.2, 0) is 4.79 Å². The van der Waals surface area contributed by atoms with Crippen LogP contribution in [0, 0.1) is 0 Å². The molecule has 0 fully saturated rings. The number of hydrogen-bond donors (Lipinski definition) is 2. The van der Waals surface area contributed by atoms with E-state index < -0.39 is 13.0 Å². The highest BCUT2D eigenvalue weighted by Crippen LogP contribution is 2.23. The SMILES string of the molecule is CNCC(=O)Nc1ccccc1OCC(F)F. The second-order valence-electron chi connectivity index (χ2n) is 3.28. The molecule has 2 N–H and O–H groups in total. The molecule has 0 heterocycles. The lowest BCUT2D eigenvalue weighted by Gasteiger charge is -2.11. The van der Waals surface area contributed by atoms with E-state index in [0.29, 0.717) is 5.69 Å². The zero-order valence-electron chi connectivity index (χ0n) is 9.37. The standard InChI is InChI=1S/C11H14F2N2O2/c1-14-6-11(16)15-8-4-2-3-5-9(8)17-7-10(12)13/h2-5,10,14H,6-7H2,1H3,(H,15,16). The Morgan fingerprint density at radius 3 is 2.76 bits per heavy atom. The molecule has 0 spiro atoms. The van der Waals surface area contributed by atoms with Crippen molar-refractivity contribution in [3.05, 3.63) is 24.3 Å². The van der Waals surface area contributed by atoms with Gasteiger partial charge in [0.05, 0.1) is 12.2 Å². The number of benzene rings is 1. The Hall–Kier alpha value is -1.69. The Morgan fingerprint density at radius 2 is 2.12 bits per heavy atom. The van der Waals surface area contributed by atoms with Gasteiger partial charge in [0.2, 0.25) is 5.91 Å². The van der Waals surface area contributed by atoms with Crippen molar-refractivity contribution in [2.24, 2.45) is 0 Å². The third-order valence-electron chi connectivity index (χ3n) is 1.86. The third kappa shape index (κ3) is 4.78. The number of carbonyl (C=O) groups excluding carboxylic acids is 1. The number of alkyl halides is 2. The van der Waals surface area contributed by atoms with E-state index in [0.717, 1.165) is 0 Å². The molecule has 17 heavy (non-hydrogen) atoms. The van der Waals surface area contributed by atoms with E-state index in [1.165, 1.54) is 6.07 Å². The first kappa shape index (κ1) is 13.4. The van der Waals surface area contributed by atoms with Crippen LogP contribution >= 0.6 is 0 Å². The van der Waals surface area contributed by atoms with Crippen molar-refractivity contribution in [1.29, 1.82) is 0 Å². The van der Waals surface area contributed by atoms with E-state index in [2.05, 4.69) is 10.6 Å². The van der Waals surface area contributed by atoms with Crippen LogP contribution in [0.1, 0.15) is 0 Å². The fourth-order valence-corrected chi connectivity index (χ4v) is 1.20. The van der Waals surface area contributed by atoms with Gasteiger partial charge in [-0.15, -0.1) is 0 Å². The van der Waals surface area contributed by atoms with Gasteiger partial charge in [0.1, 0.15) is 12.4 Å². The number of nitrogens with one attached hydrogen (secondary N) is 2. The molecule has 4 nitrogen and oxygen atoms in total. The molecule has 0 aromatic heterocycles. The smallest absolute Gasteiger partial charge is 0.272 e. The average molecular weight is 244 g/mol. The van der Waals surface area contributed by atoms with Gasteiger partial charge >= 0.3 is 0 Å².